The first-order valence-corrected chi connectivity index (χ1v) is 5.07. The number of carbonyl (C=O) groups is 1. The summed E-state index contributed by atoms with van der Waals surface area (Å²) in [4.78, 5) is 11.3. The molecule has 0 saturated carbocycles. The van der Waals surface area contributed by atoms with Gasteiger partial charge >= 0.3 is 5.97 Å². The Morgan fingerprint density at radius 1 is 1.44 bits per heavy atom. The molecule has 0 spiro atoms. The van der Waals surface area contributed by atoms with Gasteiger partial charge in [-0.15, -0.1) is 0 Å². The molecule has 1 aromatic carbocycles. The number of benzene rings is 1. The number of esters is 1. The van der Waals surface area contributed by atoms with Crippen LogP contribution in [0.3, 0.4) is 0 Å². The first-order chi connectivity index (χ1) is 7.60. The highest BCUT2D eigenvalue weighted by Crippen LogP contribution is 2.24. The van der Waals surface area contributed by atoms with Crippen molar-refractivity contribution in [3.63, 3.8) is 0 Å². The number of ether oxygens (including phenoxy) is 2. The van der Waals surface area contributed by atoms with E-state index in [1.165, 1.54) is 7.11 Å². The summed E-state index contributed by atoms with van der Waals surface area (Å²) in [5, 5.41) is 0. The van der Waals surface area contributed by atoms with Crippen LogP contribution >= 0.6 is 0 Å². The highest BCUT2D eigenvalue weighted by atomic mass is 19.1. The van der Waals surface area contributed by atoms with Crippen molar-refractivity contribution in [3.8, 4) is 5.75 Å². The molecule has 88 valence electrons. The third kappa shape index (κ3) is 2.72. The first kappa shape index (κ1) is 12.5. The molecule has 1 aromatic rings. The van der Waals surface area contributed by atoms with Crippen molar-refractivity contribution in [1.29, 1.82) is 0 Å². The van der Waals surface area contributed by atoms with E-state index in [2.05, 4.69) is 0 Å². The summed E-state index contributed by atoms with van der Waals surface area (Å²) in [5.41, 5.74) is 0.737. The highest BCUT2D eigenvalue weighted by Gasteiger charge is 2.16. The average molecular weight is 226 g/mol. The summed E-state index contributed by atoms with van der Waals surface area (Å²) in [6, 6.07) is 3.26. The van der Waals surface area contributed by atoms with Crippen LogP contribution < -0.4 is 4.74 Å². The van der Waals surface area contributed by atoms with Crippen LogP contribution in [0.1, 0.15) is 18.1 Å². The van der Waals surface area contributed by atoms with Crippen LogP contribution in [0.5, 0.6) is 5.75 Å². The Hall–Kier alpha value is -1.58. The third-order valence-electron chi connectivity index (χ3n) is 2.24. The quantitative estimate of drug-likeness (QED) is 0.739. The van der Waals surface area contributed by atoms with E-state index in [1.54, 1.807) is 26.0 Å². The summed E-state index contributed by atoms with van der Waals surface area (Å²) in [5.74, 6) is -0.492. The summed E-state index contributed by atoms with van der Waals surface area (Å²) < 4.78 is 23.6. The monoisotopic (exact) mass is 226 g/mol. The van der Waals surface area contributed by atoms with E-state index in [-0.39, 0.29) is 18.6 Å². The Morgan fingerprint density at radius 3 is 2.69 bits per heavy atom. The van der Waals surface area contributed by atoms with E-state index < -0.39 is 11.8 Å². The lowest BCUT2D eigenvalue weighted by Gasteiger charge is -2.10. The fourth-order valence-electron chi connectivity index (χ4n) is 1.43. The molecule has 0 aliphatic heterocycles. The number of hydrogen-bond acceptors (Lipinski definition) is 3. The minimum Gasteiger partial charge on any atom is -0.496 e. The molecule has 0 bridgehead atoms. The number of hydrogen-bond donors (Lipinski definition) is 0. The smallest absolute Gasteiger partial charge is 0.310 e. The van der Waals surface area contributed by atoms with Crippen molar-refractivity contribution >= 4 is 5.97 Å². The molecular weight excluding hydrogens is 211 g/mol. The maximum atomic E-state index is 13.8. The Morgan fingerprint density at radius 2 is 2.12 bits per heavy atom. The molecule has 0 N–H and O–H groups in total. The molecule has 4 heteroatoms. The summed E-state index contributed by atoms with van der Waals surface area (Å²) in [6.45, 7) is 3.64. The van der Waals surface area contributed by atoms with E-state index in [0.717, 1.165) is 0 Å². The van der Waals surface area contributed by atoms with E-state index in [9.17, 15) is 9.18 Å². The van der Waals surface area contributed by atoms with Crippen LogP contribution in [0.25, 0.3) is 0 Å². The SMILES string of the molecule is CCOC(=O)Cc1c(OC)ccc(C)c1F. The molecule has 0 amide bonds. The molecule has 0 fully saturated rings. The molecular formula is C12H15FO3. The number of halogens is 1. The second-order valence-corrected chi connectivity index (χ2v) is 3.36. The van der Waals surface area contributed by atoms with E-state index in [1.807, 2.05) is 0 Å². The first-order valence-electron chi connectivity index (χ1n) is 5.07. The van der Waals surface area contributed by atoms with E-state index >= 15 is 0 Å². The Labute approximate surface area is 94.2 Å². The van der Waals surface area contributed by atoms with Crippen molar-refractivity contribution in [2.75, 3.05) is 13.7 Å². The van der Waals surface area contributed by atoms with E-state index in [0.29, 0.717) is 11.3 Å². The molecule has 0 saturated heterocycles. The third-order valence-corrected chi connectivity index (χ3v) is 2.24. The molecule has 3 nitrogen and oxygen atoms in total. The molecule has 0 aromatic heterocycles. The van der Waals surface area contributed by atoms with Crippen LogP contribution in [0.4, 0.5) is 4.39 Å². The molecule has 0 aliphatic carbocycles. The Kier molecular flexibility index (Phi) is 4.28. The maximum absolute atomic E-state index is 13.8. The van der Waals surface area contributed by atoms with Crippen molar-refractivity contribution in [3.05, 3.63) is 29.1 Å². The van der Waals surface area contributed by atoms with Gasteiger partial charge in [0.25, 0.3) is 0 Å². The maximum Gasteiger partial charge on any atom is 0.310 e. The van der Waals surface area contributed by atoms with Gasteiger partial charge in [0.1, 0.15) is 11.6 Å². The summed E-state index contributed by atoms with van der Waals surface area (Å²) >= 11 is 0. The van der Waals surface area contributed by atoms with Gasteiger partial charge in [-0.1, -0.05) is 6.07 Å². The molecule has 0 heterocycles. The standard InChI is InChI=1S/C12H15FO3/c1-4-16-11(14)7-9-10(15-3)6-5-8(2)12(9)13/h5-6H,4,7H2,1-3H3. The minimum atomic E-state index is -0.453. The second-order valence-electron chi connectivity index (χ2n) is 3.36. The lowest BCUT2D eigenvalue weighted by Crippen LogP contribution is -2.10. The van der Waals surface area contributed by atoms with Crippen LogP contribution in [0.2, 0.25) is 0 Å². The molecule has 0 radical (unpaired) electrons. The van der Waals surface area contributed by atoms with Gasteiger partial charge in [-0.2, -0.15) is 0 Å². The van der Waals surface area contributed by atoms with Gasteiger partial charge in [0.05, 0.1) is 20.1 Å². The zero-order chi connectivity index (χ0) is 12.1. The summed E-state index contributed by atoms with van der Waals surface area (Å²) in [7, 11) is 1.44. The van der Waals surface area contributed by atoms with Gasteiger partial charge in [0, 0.05) is 5.56 Å². The molecule has 16 heavy (non-hydrogen) atoms. The van der Waals surface area contributed by atoms with E-state index in [4.69, 9.17) is 9.47 Å². The number of carbonyl (C=O) groups excluding carboxylic acids is 1. The second kappa shape index (κ2) is 5.49. The Bertz CT molecular complexity index is 388. The van der Waals surface area contributed by atoms with Gasteiger partial charge in [-0.3, -0.25) is 4.79 Å². The van der Waals surface area contributed by atoms with Crippen LogP contribution in [0.15, 0.2) is 12.1 Å². The fourth-order valence-corrected chi connectivity index (χ4v) is 1.43. The molecule has 1 rings (SSSR count). The van der Waals surface area contributed by atoms with Gasteiger partial charge in [0.2, 0.25) is 0 Å². The predicted octanol–water partition coefficient (Wildman–Crippen LogP) is 2.25. The molecule has 0 aliphatic rings. The van der Waals surface area contributed by atoms with Crippen molar-refractivity contribution < 1.29 is 18.7 Å². The lowest BCUT2D eigenvalue weighted by molar-refractivity contribution is -0.142. The topological polar surface area (TPSA) is 35.5 Å². The summed E-state index contributed by atoms with van der Waals surface area (Å²) in [6.07, 6.45) is -0.107. The fraction of sp³-hybridized carbons (Fsp3) is 0.417. The number of methoxy groups -OCH3 is 1. The largest absolute Gasteiger partial charge is 0.496 e. The number of aryl methyl sites for hydroxylation is 1. The lowest BCUT2D eigenvalue weighted by atomic mass is 10.1. The van der Waals surface area contributed by atoms with Gasteiger partial charge in [0.15, 0.2) is 0 Å². The van der Waals surface area contributed by atoms with Crippen LogP contribution in [-0.2, 0) is 16.0 Å². The predicted molar refractivity (Wildman–Crippen MR) is 58.0 cm³/mol. The van der Waals surface area contributed by atoms with Crippen molar-refractivity contribution in [1.82, 2.24) is 0 Å². The average Bonchev–Trinajstić information content (AvgIpc) is 2.25. The Balaban J connectivity index is 3.00. The van der Waals surface area contributed by atoms with Crippen LogP contribution in [0, 0.1) is 12.7 Å². The number of rotatable bonds is 4. The van der Waals surface area contributed by atoms with Gasteiger partial charge < -0.3 is 9.47 Å². The molecule has 0 atom stereocenters. The minimum absolute atomic E-state index is 0.107. The van der Waals surface area contributed by atoms with Crippen molar-refractivity contribution in [2.24, 2.45) is 0 Å². The zero-order valence-electron chi connectivity index (χ0n) is 9.67. The highest BCUT2D eigenvalue weighted by molar-refractivity contribution is 5.73. The van der Waals surface area contributed by atoms with Gasteiger partial charge in [-0.25, -0.2) is 4.39 Å². The van der Waals surface area contributed by atoms with Crippen LogP contribution in [-0.4, -0.2) is 19.7 Å². The zero-order valence-corrected chi connectivity index (χ0v) is 9.67. The van der Waals surface area contributed by atoms with Gasteiger partial charge in [-0.05, 0) is 25.5 Å². The van der Waals surface area contributed by atoms with Crippen molar-refractivity contribution in [2.45, 2.75) is 20.3 Å². The normalized spacial score (nSPS) is 10.0. The molecule has 0 unspecified atom stereocenters.